The van der Waals surface area contributed by atoms with Gasteiger partial charge in [0.25, 0.3) is 0 Å². The van der Waals surface area contributed by atoms with E-state index in [9.17, 15) is 0 Å². The maximum Gasteiger partial charge on any atom is 0.161 e. The van der Waals surface area contributed by atoms with Gasteiger partial charge in [0, 0.05) is 0 Å². The highest BCUT2D eigenvalue weighted by Crippen LogP contribution is 2.01. The highest BCUT2D eigenvalue weighted by Gasteiger charge is 1.97. The number of rotatable bonds is 0. The Morgan fingerprint density at radius 1 is 2.00 bits per heavy atom. The van der Waals surface area contributed by atoms with Crippen LogP contribution < -0.4 is 5.41 Å². The zero-order chi connectivity index (χ0) is 4.41. The van der Waals surface area contributed by atoms with Crippen molar-refractivity contribution in [3.05, 3.63) is 0 Å². The molecule has 1 aliphatic rings. The highest BCUT2D eigenvalue weighted by molar-refractivity contribution is 8.13. The molecule has 3 heteroatoms. The lowest BCUT2D eigenvalue weighted by Crippen LogP contribution is -1.89. The van der Waals surface area contributed by atoms with Crippen molar-refractivity contribution in [2.45, 2.75) is 0 Å². The van der Waals surface area contributed by atoms with Gasteiger partial charge in [0.15, 0.2) is 5.84 Å². The van der Waals surface area contributed by atoms with E-state index in [1.54, 1.807) is 5.55 Å². The molecule has 31 valence electrons. The third-order valence-corrected chi connectivity index (χ3v) is 1.17. The van der Waals surface area contributed by atoms with Crippen molar-refractivity contribution in [3.63, 3.8) is 0 Å². The number of amidine groups is 1. The van der Waals surface area contributed by atoms with Gasteiger partial charge in [-0.3, -0.25) is 0 Å². The Kier molecular flexibility index (Phi) is 0.919. The van der Waals surface area contributed by atoms with Crippen molar-refractivity contribution in [3.8, 4) is 0 Å². The van der Waals surface area contributed by atoms with Crippen LogP contribution in [0.3, 0.4) is 0 Å². The van der Waals surface area contributed by atoms with Crippen LogP contribution >= 0.6 is 11.8 Å². The van der Waals surface area contributed by atoms with E-state index in [4.69, 9.17) is 5.41 Å². The van der Waals surface area contributed by atoms with Gasteiger partial charge in [-0.25, -0.2) is 4.99 Å². The molecule has 2 nitrogen and oxygen atoms in total. The van der Waals surface area contributed by atoms with E-state index in [1.807, 2.05) is 0 Å². The third kappa shape index (κ3) is 0.597. The van der Waals surface area contributed by atoms with Crippen LogP contribution in [-0.4, -0.2) is 17.1 Å². The molecule has 1 rings (SSSR count). The molecule has 0 aromatic rings. The molecular formula is C3H3N2S. The summed E-state index contributed by atoms with van der Waals surface area (Å²) in [5, 5.41) is 8.43. The van der Waals surface area contributed by atoms with Gasteiger partial charge in [-0.2, -0.15) is 0 Å². The van der Waals surface area contributed by atoms with Gasteiger partial charge >= 0.3 is 0 Å². The van der Waals surface area contributed by atoms with Crippen LogP contribution in [0, 0.1) is 0 Å². The summed E-state index contributed by atoms with van der Waals surface area (Å²) in [5.41, 5.74) is 1.63. The van der Waals surface area contributed by atoms with E-state index in [2.05, 4.69) is 4.99 Å². The second-order valence-electron chi connectivity index (χ2n) is 0.962. The standard InChI is InChI=1S/C3H3N2S/c4-3-1-6-2-5-3/h2H,1H2. The average molecular weight is 99.1 g/mol. The first kappa shape index (κ1) is 3.87. The van der Waals surface area contributed by atoms with Crippen molar-refractivity contribution in [2.75, 3.05) is 5.75 Å². The molecule has 0 saturated heterocycles. The number of nitrogens with zero attached hydrogens (tertiary/aromatic N) is 2. The minimum Gasteiger partial charge on any atom is -0.232 e. The molecule has 0 unspecified atom stereocenters. The molecule has 0 spiro atoms. The van der Waals surface area contributed by atoms with E-state index in [-0.39, 0.29) is 5.84 Å². The predicted octanol–water partition coefficient (Wildman–Crippen LogP) is -0.0399. The van der Waals surface area contributed by atoms with E-state index < -0.39 is 0 Å². The number of thioether (sulfide) groups is 1. The van der Waals surface area contributed by atoms with Crippen LogP contribution in [0.25, 0.3) is 0 Å². The Hall–Kier alpha value is -0.310. The lowest BCUT2D eigenvalue weighted by Gasteiger charge is -1.71. The normalized spacial score (nSPS) is 19.7. The number of aliphatic imine (C=N–C) groups is 1. The molecule has 1 aliphatic heterocycles. The Bertz CT molecular complexity index is 97.0. The quantitative estimate of drug-likeness (QED) is 0.419. The van der Waals surface area contributed by atoms with Crippen LogP contribution in [-0.2, 0) is 0 Å². The lowest BCUT2D eigenvalue weighted by molar-refractivity contribution is 1.61. The lowest BCUT2D eigenvalue weighted by atomic mass is 10.7. The van der Waals surface area contributed by atoms with Gasteiger partial charge in [0.1, 0.15) is 0 Å². The first-order valence-electron chi connectivity index (χ1n) is 1.58. The van der Waals surface area contributed by atoms with Crippen LogP contribution in [0.5, 0.6) is 0 Å². The van der Waals surface area contributed by atoms with E-state index in [0.29, 0.717) is 5.75 Å². The maximum absolute atomic E-state index is 8.43. The summed E-state index contributed by atoms with van der Waals surface area (Å²) >= 11 is 1.50. The van der Waals surface area contributed by atoms with Gasteiger partial charge in [0.05, 0.1) is 11.3 Å². The second kappa shape index (κ2) is 1.43. The smallest absolute Gasteiger partial charge is 0.161 e. The zero-order valence-electron chi connectivity index (χ0n) is 3.09. The fourth-order valence-corrected chi connectivity index (χ4v) is 0.742. The molecule has 0 atom stereocenters. The van der Waals surface area contributed by atoms with E-state index >= 15 is 0 Å². The maximum atomic E-state index is 8.43. The van der Waals surface area contributed by atoms with Crippen LogP contribution in [0.2, 0.25) is 0 Å². The summed E-state index contributed by atoms with van der Waals surface area (Å²) in [6.07, 6.45) is 0. The molecule has 0 N–H and O–H groups in total. The third-order valence-electron chi connectivity index (χ3n) is 0.489. The summed E-state index contributed by atoms with van der Waals surface area (Å²) in [6.45, 7) is 0. The van der Waals surface area contributed by atoms with Crippen LogP contribution in [0.4, 0.5) is 0 Å². The van der Waals surface area contributed by atoms with Gasteiger partial charge in [-0.1, -0.05) is 0 Å². The fourth-order valence-electron chi connectivity index (χ4n) is 0.247. The first-order chi connectivity index (χ1) is 2.89. The largest absolute Gasteiger partial charge is 0.232 e. The molecule has 0 aliphatic carbocycles. The Balaban J connectivity index is 2.59. The Morgan fingerprint density at radius 3 is 3.00 bits per heavy atom. The van der Waals surface area contributed by atoms with Gasteiger partial charge in [-0.15, -0.1) is 17.2 Å². The molecule has 6 heavy (non-hydrogen) atoms. The molecule has 0 saturated carbocycles. The summed E-state index contributed by atoms with van der Waals surface area (Å²) in [6, 6.07) is 0. The average Bonchev–Trinajstić information content (AvgIpc) is 1.86. The van der Waals surface area contributed by atoms with Gasteiger partial charge in [-0.05, 0) is 0 Å². The minimum absolute atomic E-state index is 0.236. The highest BCUT2D eigenvalue weighted by atomic mass is 32.2. The molecule has 0 fully saturated rings. The summed E-state index contributed by atoms with van der Waals surface area (Å²) < 4.78 is 0. The second-order valence-corrected chi connectivity index (χ2v) is 1.79. The van der Waals surface area contributed by atoms with Crippen molar-refractivity contribution < 1.29 is 0 Å². The van der Waals surface area contributed by atoms with E-state index in [1.165, 1.54) is 11.8 Å². The van der Waals surface area contributed by atoms with Crippen molar-refractivity contribution in [1.82, 2.24) is 5.41 Å². The molecular weight excluding hydrogens is 96.1 g/mol. The number of hydrogen-bond donors (Lipinski definition) is 0. The summed E-state index contributed by atoms with van der Waals surface area (Å²) in [7, 11) is 0. The predicted molar refractivity (Wildman–Crippen MR) is 28.1 cm³/mol. The molecule has 0 bridgehead atoms. The molecule has 0 aromatic heterocycles. The fraction of sp³-hybridized carbons (Fsp3) is 0.333. The van der Waals surface area contributed by atoms with Crippen LogP contribution in [0.1, 0.15) is 0 Å². The van der Waals surface area contributed by atoms with Crippen molar-refractivity contribution >= 4 is 23.1 Å². The molecule has 1 radical (unpaired) electrons. The topological polar surface area (TPSA) is 34.7 Å². The first-order valence-corrected chi connectivity index (χ1v) is 2.63. The SMILES string of the molecule is [N]=C1CSC=N1. The Morgan fingerprint density at radius 2 is 2.83 bits per heavy atom. The monoisotopic (exact) mass is 99.0 g/mol. The molecule has 0 aromatic carbocycles. The van der Waals surface area contributed by atoms with Gasteiger partial charge < -0.3 is 0 Å². The van der Waals surface area contributed by atoms with Crippen molar-refractivity contribution in [1.29, 1.82) is 0 Å². The number of hydrogen-bond acceptors (Lipinski definition) is 1. The minimum atomic E-state index is 0.236. The van der Waals surface area contributed by atoms with Crippen LogP contribution in [0.15, 0.2) is 4.99 Å². The zero-order valence-corrected chi connectivity index (χ0v) is 3.90. The summed E-state index contributed by atoms with van der Waals surface area (Å²) in [5.74, 6) is 0.889. The van der Waals surface area contributed by atoms with Crippen molar-refractivity contribution in [2.24, 2.45) is 4.99 Å². The summed E-state index contributed by atoms with van der Waals surface area (Å²) in [4.78, 5) is 3.55. The Labute approximate surface area is 40.2 Å². The molecule has 0 amide bonds. The molecule has 1 heterocycles. The van der Waals surface area contributed by atoms with E-state index in [0.717, 1.165) is 0 Å². The van der Waals surface area contributed by atoms with Gasteiger partial charge in [0.2, 0.25) is 0 Å².